The van der Waals surface area contributed by atoms with Gasteiger partial charge in [-0.25, -0.2) is 4.98 Å². The summed E-state index contributed by atoms with van der Waals surface area (Å²) in [5, 5.41) is 4.97. The maximum absolute atomic E-state index is 12.4. The van der Waals surface area contributed by atoms with E-state index in [1.807, 2.05) is 11.4 Å². The number of hydrogen-bond donors (Lipinski definition) is 1. The number of methoxy groups -OCH3 is 2. The number of carbonyl (C=O) groups is 1. The maximum atomic E-state index is 12.4. The van der Waals surface area contributed by atoms with E-state index in [1.54, 1.807) is 26.4 Å². The molecule has 0 unspecified atom stereocenters. The van der Waals surface area contributed by atoms with Crippen molar-refractivity contribution < 1.29 is 23.0 Å². The van der Waals surface area contributed by atoms with Crippen LogP contribution in [0.3, 0.4) is 0 Å². The van der Waals surface area contributed by atoms with Crippen LogP contribution in [-0.2, 0) is 0 Å². The van der Waals surface area contributed by atoms with E-state index in [4.69, 9.17) is 9.47 Å². The first kappa shape index (κ1) is 20.1. The summed E-state index contributed by atoms with van der Waals surface area (Å²) in [7, 11) is 3.12. The van der Waals surface area contributed by atoms with Crippen LogP contribution >= 0.6 is 23.1 Å². The van der Waals surface area contributed by atoms with Crippen LogP contribution in [0.25, 0.3) is 11.3 Å². The zero-order valence-corrected chi connectivity index (χ0v) is 16.6. The molecule has 0 atom stereocenters. The number of thioether (sulfide) groups is 1. The number of nitrogens with one attached hydrogen (secondary N) is 1. The van der Waals surface area contributed by atoms with E-state index in [-0.39, 0.29) is 5.91 Å². The lowest BCUT2D eigenvalue weighted by molar-refractivity contribution is 0.102. The van der Waals surface area contributed by atoms with Crippen LogP contribution in [0.5, 0.6) is 11.5 Å². The largest absolute Gasteiger partial charge is 0.493 e. The summed E-state index contributed by atoms with van der Waals surface area (Å²) in [5.41, 5.74) is 1.87. The number of rotatable bonds is 7. The zero-order valence-electron chi connectivity index (χ0n) is 14.9. The molecule has 0 spiro atoms. The van der Waals surface area contributed by atoms with Crippen LogP contribution in [-0.4, -0.2) is 30.9 Å². The summed E-state index contributed by atoms with van der Waals surface area (Å²) in [5.74, 6) is -1.66. The van der Waals surface area contributed by atoms with E-state index < -0.39 is 5.76 Å². The molecule has 0 saturated carbocycles. The van der Waals surface area contributed by atoms with E-state index >= 15 is 0 Å². The van der Waals surface area contributed by atoms with Gasteiger partial charge in [0.1, 0.15) is 0 Å². The van der Waals surface area contributed by atoms with Gasteiger partial charge in [0.15, 0.2) is 16.6 Å². The molecule has 9 heteroatoms. The first-order valence-corrected chi connectivity index (χ1v) is 9.80. The Balaban J connectivity index is 1.71. The van der Waals surface area contributed by atoms with Crippen molar-refractivity contribution in [3.05, 3.63) is 53.4 Å². The fourth-order valence-electron chi connectivity index (χ4n) is 2.42. The zero-order chi connectivity index (χ0) is 20.1. The number of hydrogen-bond acceptors (Lipinski definition) is 6. The van der Waals surface area contributed by atoms with Crippen molar-refractivity contribution in [1.82, 2.24) is 4.98 Å². The normalized spacial score (nSPS) is 10.8. The predicted octanol–water partition coefficient (Wildman–Crippen LogP) is 5.39. The highest BCUT2D eigenvalue weighted by molar-refractivity contribution is 7.99. The van der Waals surface area contributed by atoms with Gasteiger partial charge in [0.25, 0.3) is 11.7 Å². The Kier molecular flexibility index (Phi) is 6.48. The monoisotopic (exact) mass is 422 g/mol. The van der Waals surface area contributed by atoms with Crippen molar-refractivity contribution in [3.63, 3.8) is 0 Å². The van der Waals surface area contributed by atoms with Gasteiger partial charge in [-0.15, -0.1) is 11.3 Å². The second-order valence-electron chi connectivity index (χ2n) is 5.46. The van der Waals surface area contributed by atoms with Crippen LogP contribution in [0, 0.1) is 0 Å². The van der Waals surface area contributed by atoms with Crippen molar-refractivity contribution in [2.45, 2.75) is 10.7 Å². The number of amides is 1. The van der Waals surface area contributed by atoms with Gasteiger partial charge in [0.05, 0.1) is 19.9 Å². The molecule has 28 heavy (non-hydrogen) atoms. The molecule has 3 rings (SSSR count). The summed E-state index contributed by atoms with van der Waals surface area (Å²) < 4.78 is 35.2. The van der Waals surface area contributed by atoms with Crippen LogP contribution in [0.1, 0.15) is 10.4 Å². The second-order valence-corrected chi connectivity index (χ2v) is 7.39. The second kappa shape index (κ2) is 9.03. The van der Waals surface area contributed by atoms with Gasteiger partial charge < -0.3 is 9.47 Å². The fraction of sp³-hybridized carbons (Fsp3) is 0.158. The summed E-state index contributed by atoms with van der Waals surface area (Å²) in [6.45, 7) is 0. The molecule has 1 heterocycles. The number of thiazole rings is 1. The molecule has 2 aromatic carbocycles. The predicted molar refractivity (Wildman–Crippen MR) is 107 cm³/mol. The number of halogens is 2. The lowest BCUT2D eigenvalue weighted by atomic mass is 10.1. The fourth-order valence-corrected chi connectivity index (χ4v) is 3.63. The van der Waals surface area contributed by atoms with Gasteiger partial charge in [-0.2, -0.15) is 8.78 Å². The molecule has 1 amide bonds. The highest BCUT2D eigenvalue weighted by Gasteiger charge is 2.13. The number of benzene rings is 2. The van der Waals surface area contributed by atoms with Gasteiger partial charge in [0.2, 0.25) is 0 Å². The average Bonchev–Trinajstić information content (AvgIpc) is 3.16. The van der Waals surface area contributed by atoms with E-state index in [9.17, 15) is 13.6 Å². The third-order valence-electron chi connectivity index (χ3n) is 3.75. The Morgan fingerprint density at radius 2 is 1.82 bits per heavy atom. The molecule has 0 saturated heterocycles. The molecule has 1 aromatic heterocycles. The van der Waals surface area contributed by atoms with Crippen molar-refractivity contribution in [2.24, 2.45) is 0 Å². The average molecular weight is 422 g/mol. The molecule has 0 bridgehead atoms. The molecule has 0 aliphatic heterocycles. The van der Waals surface area contributed by atoms with Crippen molar-refractivity contribution in [1.29, 1.82) is 0 Å². The molecule has 0 radical (unpaired) electrons. The molecule has 146 valence electrons. The summed E-state index contributed by atoms with van der Waals surface area (Å²) in [6.07, 6.45) is 0. The molecule has 5 nitrogen and oxygen atoms in total. The summed E-state index contributed by atoms with van der Waals surface area (Å²) >= 11 is 1.72. The van der Waals surface area contributed by atoms with Crippen LogP contribution in [0.4, 0.5) is 13.9 Å². The molecular weight excluding hydrogens is 406 g/mol. The number of ether oxygens (including phenoxy) is 2. The number of anilines is 1. The van der Waals surface area contributed by atoms with Crippen molar-refractivity contribution in [3.8, 4) is 22.8 Å². The van der Waals surface area contributed by atoms with Gasteiger partial charge in [-0.1, -0.05) is 11.8 Å². The molecule has 0 fully saturated rings. The highest BCUT2D eigenvalue weighted by Crippen LogP contribution is 2.33. The lowest BCUT2D eigenvalue weighted by Gasteiger charge is -2.08. The van der Waals surface area contributed by atoms with Crippen LogP contribution in [0.2, 0.25) is 0 Å². The molecular formula is C19H16F2N2O3S2. The van der Waals surface area contributed by atoms with Gasteiger partial charge in [0, 0.05) is 21.4 Å². The van der Waals surface area contributed by atoms with Crippen LogP contribution in [0.15, 0.2) is 52.7 Å². The number of nitrogens with zero attached hydrogens (tertiary/aromatic N) is 1. The first-order chi connectivity index (χ1) is 13.5. The van der Waals surface area contributed by atoms with Gasteiger partial charge >= 0.3 is 0 Å². The molecule has 0 aliphatic rings. The smallest absolute Gasteiger partial charge is 0.288 e. The Hall–Kier alpha value is -2.65. The third-order valence-corrected chi connectivity index (χ3v) is 5.23. The molecule has 0 aliphatic carbocycles. The number of carbonyl (C=O) groups excluding carboxylic acids is 1. The Morgan fingerprint density at radius 1 is 1.11 bits per heavy atom. The standard InChI is InChI=1S/C19H16F2N2O3S2/c1-25-15-8-5-12(9-16(15)26-2)14-10-27-19(22-14)23-17(24)11-3-6-13(7-4-11)28-18(20)21/h3-10,18H,1-2H3,(H,22,23,24). The van der Waals surface area contributed by atoms with E-state index in [2.05, 4.69) is 10.3 Å². The minimum Gasteiger partial charge on any atom is -0.493 e. The van der Waals surface area contributed by atoms with E-state index in [0.29, 0.717) is 44.5 Å². The Labute approximate surface area is 168 Å². The summed E-state index contributed by atoms with van der Waals surface area (Å²) in [6, 6.07) is 11.4. The van der Waals surface area contributed by atoms with Gasteiger partial charge in [-0.3, -0.25) is 10.1 Å². The van der Waals surface area contributed by atoms with E-state index in [0.717, 1.165) is 5.56 Å². The van der Waals surface area contributed by atoms with Crippen molar-refractivity contribution >= 4 is 34.1 Å². The third kappa shape index (κ3) is 4.79. The Morgan fingerprint density at radius 3 is 2.46 bits per heavy atom. The SMILES string of the molecule is COc1ccc(-c2csc(NC(=O)c3ccc(SC(F)F)cc3)n2)cc1OC. The Bertz CT molecular complexity index is 962. The van der Waals surface area contributed by atoms with Crippen molar-refractivity contribution in [2.75, 3.05) is 19.5 Å². The first-order valence-electron chi connectivity index (χ1n) is 8.04. The van der Waals surface area contributed by atoms with E-state index in [1.165, 1.54) is 35.6 Å². The quantitative estimate of drug-likeness (QED) is 0.517. The van der Waals surface area contributed by atoms with Gasteiger partial charge in [-0.05, 0) is 42.5 Å². The van der Waals surface area contributed by atoms with Crippen LogP contribution < -0.4 is 14.8 Å². The number of aromatic nitrogens is 1. The molecule has 1 N–H and O–H groups in total. The molecule has 3 aromatic rings. The topological polar surface area (TPSA) is 60.5 Å². The lowest BCUT2D eigenvalue weighted by Crippen LogP contribution is -2.11. The maximum Gasteiger partial charge on any atom is 0.288 e. The summed E-state index contributed by atoms with van der Waals surface area (Å²) in [4.78, 5) is 17.2. The minimum absolute atomic E-state index is 0.359. The minimum atomic E-state index is -2.50. The highest BCUT2D eigenvalue weighted by atomic mass is 32.2. The number of alkyl halides is 2.